The number of thiophene rings is 1. The molecule has 1 aromatic heterocycles. The first kappa shape index (κ1) is 17.2. The summed E-state index contributed by atoms with van der Waals surface area (Å²) in [5, 5.41) is 13.3. The Balaban J connectivity index is 1.98. The molecule has 3 nitrogen and oxygen atoms in total. The third-order valence-electron chi connectivity index (χ3n) is 4.46. The minimum absolute atomic E-state index is 0.183. The average Bonchev–Trinajstić information content (AvgIpc) is 2.83. The lowest BCUT2D eigenvalue weighted by Gasteiger charge is -2.33. The summed E-state index contributed by atoms with van der Waals surface area (Å²) in [6, 6.07) is 9.62. The number of nitrogens with one attached hydrogen (secondary N) is 1. The van der Waals surface area contributed by atoms with Gasteiger partial charge in [0, 0.05) is 9.35 Å². The van der Waals surface area contributed by atoms with Crippen molar-refractivity contribution in [2.75, 3.05) is 5.32 Å². The van der Waals surface area contributed by atoms with E-state index in [2.05, 4.69) is 48.1 Å². The molecule has 1 amide bonds. The maximum atomic E-state index is 12.6. The predicted octanol–water partition coefficient (Wildman–Crippen LogP) is 5.71. The molecule has 1 heterocycles. The number of nitriles is 1. The average molecular weight is 403 g/mol. The van der Waals surface area contributed by atoms with E-state index in [9.17, 15) is 10.1 Å². The Morgan fingerprint density at radius 3 is 2.79 bits per heavy atom. The van der Waals surface area contributed by atoms with Crippen molar-refractivity contribution in [3.8, 4) is 6.07 Å². The van der Waals surface area contributed by atoms with Gasteiger partial charge in [-0.25, -0.2) is 0 Å². The van der Waals surface area contributed by atoms with Crippen LogP contribution in [0.25, 0.3) is 0 Å². The maximum absolute atomic E-state index is 12.6. The lowest BCUT2D eigenvalue weighted by Crippen LogP contribution is -2.23. The standard InChI is InChI=1S/C19H19BrN2OS/c1-11-8-19(2,3)9-13-14(10-21)18(24-16(11)13)22-17(23)12-6-4-5-7-15(12)20/h4-7,11H,8-9H2,1-3H3,(H,22,23)/t11-/m1/s1. The summed E-state index contributed by atoms with van der Waals surface area (Å²) in [4.78, 5) is 13.8. The van der Waals surface area contributed by atoms with Gasteiger partial charge in [0.25, 0.3) is 5.91 Å². The molecule has 1 N–H and O–H groups in total. The molecule has 0 bridgehead atoms. The highest BCUT2D eigenvalue weighted by Gasteiger charge is 2.34. The molecule has 0 saturated heterocycles. The number of anilines is 1. The van der Waals surface area contributed by atoms with Crippen molar-refractivity contribution in [1.29, 1.82) is 5.26 Å². The fraction of sp³-hybridized carbons (Fsp3) is 0.368. The normalized spacial score (nSPS) is 18.5. The predicted molar refractivity (Wildman–Crippen MR) is 102 cm³/mol. The Hall–Kier alpha value is -1.64. The molecular formula is C19H19BrN2OS. The van der Waals surface area contributed by atoms with Gasteiger partial charge in [0.2, 0.25) is 0 Å². The van der Waals surface area contributed by atoms with E-state index in [-0.39, 0.29) is 11.3 Å². The maximum Gasteiger partial charge on any atom is 0.257 e. The molecule has 24 heavy (non-hydrogen) atoms. The SMILES string of the molecule is C[C@@H]1CC(C)(C)Cc2c1sc(NC(=O)c1ccccc1Br)c2C#N. The summed E-state index contributed by atoms with van der Waals surface area (Å²) in [6.07, 6.45) is 1.99. The quantitative estimate of drug-likeness (QED) is 0.698. The number of halogens is 1. The van der Waals surface area contributed by atoms with Crippen molar-refractivity contribution >= 4 is 38.2 Å². The molecule has 1 atom stereocenters. The van der Waals surface area contributed by atoms with Crippen LogP contribution in [0, 0.1) is 16.7 Å². The zero-order valence-corrected chi connectivity index (χ0v) is 16.3. The van der Waals surface area contributed by atoms with Gasteiger partial charge in [-0.2, -0.15) is 5.26 Å². The Kier molecular flexibility index (Phi) is 4.54. The summed E-state index contributed by atoms with van der Waals surface area (Å²) in [7, 11) is 0. The Morgan fingerprint density at radius 1 is 1.42 bits per heavy atom. The summed E-state index contributed by atoms with van der Waals surface area (Å²) >= 11 is 4.96. The molecule has 0 radical (unpaired) electrons. The van der Waals surface area contributed by atoms with Crippen LogP contribution in [0.15, 0.2) is 28.7 Å². The molecule has 1 aromatic carbocycles. The number of carbonyl (C=O) groups excluding carboxylic acids is 1. The smallest absolute Gasteiger partial charge is 0.257 e. The number of amides is 1. The zero-order chi connectivity index (χ0) is 17.5. The number of fused-ring (bicyclic) bond motifs is 1. The van der Waals surface area contributed by atoms with Crippen molar-refractivity contribution < 1.29 is 4.79 Å². The molecule has 0 unspecified atom stereocenters. The highest BCUT2D eigenvalue weighted by Crippen LogP contribution is 2.48. The van der Waals surface area contributed by atoms with Crippen LogP contribution >= 0.6 is 27.3 Å². The van der Waals surface area contributed by atoms with Crippen molar-refractivity contribution in [1.82, 2.24) is 0 Å². The highest BCUT2D eigenvalue weighted by atomic mass is 79.9. The first-order valence-corrected chi connectivity index (χ1v) is 9.55. The molecule has 2 aromatic rings. The zero-order valence-electron chi connectivity index (χ0n) is 13.9. The van der Waals surface area contributed by atoms with E-state index >= 15 is 0 Å². The Labute approximate surface area is 154 Å². The lowest BCUT2D eigenvalue weighted by atomic mass is 9.72. The van der Waals surface area contributed by atoms with E-state index in [4.69, 9.17) is 0 Å². The first-order valence-electron chi connectivity index (χ1n) is 7.94. The fourth-order valence-electron chi connectivity index (χ4n) is 3.55. The molecule has 0 aliphatic heterocycles. The summed E-state index contributed by atoms with van der Waals surface area (Å²) in [5.74, 6) is 0.222. The Morgan fingerprint density at radius 2 is 2.12 bits per heavy atom. The van der Waals surface area contributed by atoms with Crippen LogP contribution < -0.4 is 5.32 Å². The molecule has 1 aliphatic rings. The van der Waals surface area contributed by atoms with E-state index < -0.39 is 0 Å². The van der Waals surface area contributed by atoms with Crippen LogP contribution in [-0.4, -0.2) is 5.91 Å². The highest BCUT2D eigenvalue weighted by molar-refractivity contribution is 9.10. The number of carbonyl (C=O) groups is 1. The van der Waals surface area contributed by atoms with Gasteiger partial charge in [0.1, 0.15) is 11.1 Å². The number of rotatable bonds is 2. The van der Waals surface area contributed by atoms with Gasteiger partial charge in [-0.05, 0) is 57.8 Å². The van der Waals surface area contributed by atoms with Gasteiger partial charge in [0.05, 0.1) is 11.1 Å². The van der Waals surface area contributed by atoms with Crippen LogP contribution in [0.1, 0.15) is 59.5 Å². The van der Waals surface area contributed by atoms with E-state index in [1.165, 1.54) is 4.88 Å². The van der Waals surface area contributed by atoms with Crippen LogP contribution in [0.2, 0.25) is 0 Å². The van der Waals surface area contributed by atoms with Crippen LogP contribution in [-0.2, 0) is 6.42 Å². The lowest BCUT2D eigenvalue weighted by molar-refractivity contribution is 0.102. The van der Waals surface area contributed by atoms with E-state index in [0.717, 1.165) is 22.9 Å². The van der Waals surface area contributed by atoms with Crippen molar-refractivity contribution in [3.05, 3.63) is 50.3 Å². The Bertz CT molecular complexity index is 848. The third kappa shape index (κ3) is 3.13. The van der Waals surface area contributed by atoms with Crippen LogP contribution in [0.3, 0.4) is 0 Å². The van der Waals surface area contributed by atoms with Crippen molar-refractivity contribution in [3.63, 3.8) is 0 Å². The minimum atomic E-state index is -0.190. The van der Waals surface area contributed by atoms with Crippen LogP contribution in [0.5, 0.6) is 0 Å². The molecular weight excluding hydrogens is 384 g/mol. The number of hydrogen-bond donors (Lipinski definition) is 1. The molecule has 1 aliphatic carbocycles. The fourth-order valence-corrected chi connectivity index (χ4v) is 5.23. The van der Waals surface area contributed by atoms with Crippen molar-refractivity contribution in [2.24, 2.45) is 5.41 Å². The second-order valence-corrected chi connectivity index (χ2v) is 9.05. The number of nitrogens with zero attached hydrogens (tertiary/aromatic N) is 1. The molecule has 124 valence electrons. The summed E-state index contributed by atoms with van der Waals surface area (Å²) < 4.78 is 0.747. The molecule has 3 rings (SSSR count). The van der Waals surface area contributed by atoms with E-state index in [0.29, 0.717) is 22.0 Å². The second-order valence-electron chi connectivity index (χ2n) is 7.14. The third-order valence-corrected chi connectivity index (χ3v) is 6.53. The minimum Gasteiger partial charge on any atom is -0.312 e. The van der Waals surface area contributed by atoms with Gasteiger partial charge in [-0.1, -0.05) is 32.9 Å². The monoisotopic (exact) mass is 402 g/mol. The summed E-state index contributed by atoms with van der Waals surface area (Å²) in [6.45, 7) is 6.69. The van der Waals surface area contributed by atoms with Crippen molar-refractivity contribution in [2.45, 2.75) is 39.5 Å². The molecule has 0 spiro atoms. The van der Waals surface area contributed by atoms with Gasteiger partial charge < -0.3 is 5.32 Å². The van der Waals surface area contributed by atoms with E-state index in [1.807, 2.05) is 18.2 Å². The number of benzene rings is 1. The molecule has 0 saturated carbocycles. The van der Waals surface area contributed by atoms with Gasteiger partial charge in [0.15, 0.2) is 0 Å². The second kappa shape index (κ2) is 6.34. The largest absolute Gasteiger partial charge is 0.312 e. The van der Waals surface area contributed by atoms with Crippen LogP contribution in [0.4, 0.5) is 5.00 Å². The van der Waals surface area contributed by atoms with Gasteiger partial charge in [-0.3, -0.25) is 4.79 Å². The first-order chi connectivity index (χ1) is 11.3. The molecule has 5 heteroatoms. The number of hydrogen-bond acceptors (Lipinski definition) is 3. The summed E-state index contributed by atoms with van der Waals surface area (Å²) in [5.41, 5.74) is 2.51. The van der Waals surface area contributed by atoms with E-state index in [1.54, 1.807) is 17.4 Å². The topological polar surface area (TPSA) is 52.9 Å². The van der Waals surface area contributed by atoms with Gasteiger partial charge >= 0.3 is 0 Å². The molecule has 0 fully saturated rings. The van der Waals surface area contributed by atoms with Gasteiger partial charge in [-0.15, -0.1) is 11.3 Å².